The molecule has 0 amide bonds. The maximum Gasteiger partial charge on any atom is 0.115 e. The first-order chi connectivity index (χ1) is 11.7. The van der Waals surface area contributed by atoms with E-state index in [0.717, 1.165) is 41.4 Å². The average molecular weight is 359 g/mol. The van der Waals surface area contributed by atoms with Crippen molar-refractivity contribution in [2.24, 2.45) is 0 Å². The number of fused-ring (bicyclic) bond motifs is 1. The molecule has 3 rings (SSSR count). The van der Waals surface area contributed by atoms with Crippen LogP contribution in [-0.4, -0.2) is 24.3 Å². The van der Waals surface area contributed by atoms with Gasteiger partial charge in [0.1, 0.15) is 17.6 Å². The molecular formula is C19H24N3S2+. The van der Waals surface area contributed by atoms with Crippen molar-refractivity contribution in [3.8, 4) is 16.5 Å². The van der Waals surface area contributed by atoms with Crippen LogP contribution in [-0.2, 0) is 13.0 Å². The van der Waals surface area contributed by atoms with E-state index >= 15 is 0 Å². The third-order valence-corrected chi connectivity index (χ3v) is 6.43. The van der Waals surface area contributed by atoms with Crippen LogP contribution in [0.3, 0.4) is 0 Å². The smallest absolute Gasteiger partial charge is 0.115 e. The highest BCUT2D eigenvalue weighted by Crippen LogP contribution is 2.37. The van der Waals surface area contributed by atoms with E-state index in [9.17, 15) is 5.26 Å². The standard InChI is InChI=1S/C19H23N3S2/c1-3-4-5-10-24-19-14(12-20)18(17-7-6-11-23-17)15-13-22(2)9-8-16(15)21-19/h6-7,11H,3-5,8-10,13H2,1-2H3/p+1. The van der Waals surface area contributed by atoms with Gasteiger partial charge < -0.3 is 4.90 Å². The van der Waals surface area contributed by atoms with E-state index < -0.39 is 0 Å². The van der Waals surface area contributed by atoms with Gasteiger partial charge in [-0.2, -0.15) is 5.26 Å². The molecule has 1 aliphatic rings. The second-order valence-corrected chi connectivity index (χ2v) is 8.40. The minimum absolute atomic E-state index is 0.785. The van der Waals surface area contributed by atoms with Gasteiger partial charge in [0.15, 0.2) is 0 Å². The summed E-state index contributed by atoms with van der Waals surface area (Å²) in [6.45, 7) is 4.30. The van der Waals surface area contributed by atoms with Crippen molar-refractivity contribution < 1.29 is 4.90 Å². The fourth-order valence-corrected chi connectivity index (χ4v) is 5.00. The molecule has 0 aliphatic carbocycles. The molecule has 1 unspecified atom stereocenters. The van der Waals surface area contributed by atoms with E-state index in [0.29, 0.717) is 0 Å². The highest BCUT2D eigenvalue weighted by Gasteiger charge is 2.27. The zero-order valence-corrected chi connectivity index (χ0v) is 16.0. The highest BCUT2D eigenvalue weighted by molar-refractivity contribution is 7.99. The van der Waals surface area contributed by atoms with Crippen molar-refractivity contribution >= 4 is 23.1 Å². The zero-order valence-electron chi connectivity index (χ0n) is 14.4. The van der Waals surface area contributed by atoms with E-state index in [1.54, 1.807) is 23.1 Å². The van der Waals surface area contributed by atoms with Crippen LogP contribution in [0.2, 0.25) is 0 Å². The van der Waals surface area contributed by atoms with Gasteiger partial charge in [0, 0.05) is 22.4 Å². The topological polar surface area (TPSA) is 41.1 Å². The molecular weight excluding hydrogens is 334 g/mol. The normalized spacial score (nSPS) is 16.6. The Morgan fingerprint density at radius 1 is 1.42 bits per heavy atom. The Bertz CT molecular complexity index is 732. The molecule has 24 heavy (non-hydrogen) atoms. The summed E-state index contributed by atoms with van der Waals surface area (Å²) in [6.07, 6.45) is 4.66. The first-order valence-corrected chi connectivity index (χ1v) is 10.5. The molecule has 0 aromatic carbocycles. The largest absolute Gasteiger partial charge is 0.333 e. The molecule has 0 saturated carbocycles. The third-order valence-electron chi connectivity index (χ3n) is 4.48. The van der Waals surface area contributed by atoms with Crippen LogP contribution in [0, 0.1) is 11.3 Å². The lowest BCUT2D eigenvalue weighted by molar-refractivity contribution is -0.895. The van der Waals surface area contributed by atoms with Crippen LogP contribution < -0.4 is 4.90 Å². The summed E-state index contributed by atoms with van der Waals surface area (Å²) in [5, 5.41) is 12.9. The predicted octanol–water partition coefficient (Wildman–Crippen LogP) is 3.53. The number of rotatable bonds is 6. The summed E-state index contributed by atoms with van der Waals surface area (Å²) >= 11 is 3.48. The molecule has 0 radical (unpaired) electrons. The summed E-state index contributed by atoms with van der Waals surface area (Å²) in [4.78, 5) is 7.62. The Morgan fingerprint density at radius 2 is 2.29 bits per heavy atom. The summed E-state index contributed by atoms with van der Waals surface area (Å²) < 4.78 is 0. The fourth-order valence-electron chi connectivity index (χ4n) is 3.19. The number of thioether (sulfide) groups is 1. The highest BCUT2D eigenvalue weighted by atomic mass is 32.2. The van der Waals surface area contributed by atoms with Gasteiger partial charge >= 0.3 is 0 Å². The number of hydrogen-bond acceptors (Lipinski definition) is 4. The van der Waals surface area contributed by atoms with Gasteiger partial charge in [-0.1, -0.05) is 25.8 Å². The molecule has 126 valence electrons. The molecule has 1 atom stereocenters. The lowest BCUT2D eigenvalue weighted by Crippen LogP contribution is -3.08. The number of nitriles is 1. The summed E-state index contributed by atoms with van der Waals surface area (Å²) in [6, 6.07) is 6.68. The molecule has 0 spiro atoms. The maximum atomic E-state index is 9.86. The van der Waals surface area contributed by atoms with Crippen LogP contribution >= 0.6 is 23.1 Å². The number of likely N-dealkylation sites (N-methyl/N-ethyl adjacent to an activating group) is 1. The van der Waals surface area contributed by atoms with Crippen molar-refractivity contribution in [3.05, 3.63) is 34.3 Å². The molecule has 0 fully saturated rings. The molecule has 5 heteroatoms. The molecule has 3 nitrogen and oxygen atoms in total. The van der Waals surface area contributed by atoms with E-state index in [1.165, 1.54) is 40.3 Å². The number of unbranched alkanes of at least 4 members (excludes halogenated alkanes) is 2. The van der Waals surface area contributed by atoms with E-state index in [2.05, 4.69) is 37.6 Å². The Hall–Kier alpha value is -1.35. The predicted molar refractivity (Wildman–Crippen MR) is 102 cm³/mol. The van der Waals surface area contributed by atoms with E-state index in [1.807, 2.05) is 0 Å². The number of nitrogens with zero attached hydrogens (tertiary/aromatic N) is 2. The number of aromatic nitrogens is 1. The van der Waals surface area contributed by atoms with Crippen LogP contribution in [0.1, 0.15) is 43.0 Å². The summed E-state index contributed by atoms with van der Waals surface area (Å²) in [5.41, 5.74) is 4.43. The Balaban J connectivity index is 2.05. The molecule has 0 saturated heterocycles. The molecule has 3 heterocycles. The van der Waals surface area contributed by atoms with Crippen molar-refractivity contribution in [2.45, 2.75) is 44.2 Å². The minimum Gasteiger partial charge on any atom is -0.333 e. The first-order valence-electron chi connectivity index (χ1n) is 8.68. The molecule has 2 aromatic rings. The van der Waals surface area contributed by atoms with E-state index in [-0.39, 0.29) is 0 Å². The SMILES string of the molecule is CCCCCSc1nc2c(c(-c3cccs3)c1C#N)C[NH+](C)CC2. The molecule has 0 bridgehead atoms. The molecule has 1 N–H and O–H groups in total. The fraction of sp³-hybridized carbons (Fsp3) is 0.474. The Labute approximate surface area is 152 Å². The maximum absolute atomic E-state index is 9.86. The number of hydrogen-bond donors (Lipinski definition) is 1. The summed E-state index contributed by atoms with van der Waals surface area (Å²) in [5.74, 6) is 1.04. The third kappa shape index (κ3) is 3.66. The molecule has 2 aromatic heterocycles. The monoisotopic (exact) mass is 358 g/mol. The minimum atomic E-state index is 0.785. The second kappa shape index (κ2) is 8.15. The van der Waals surface area contributed by atoms with Gasteiger partial charge in [-0.3, -0.25) is 0 Å². The van der Waals surface area contributed by atoms with Gasteiger partial charge in [-0.05, 0) is 23.6 Å². The average Bonchev–Trinajstić information content (AvgIpc) is 3.11. The van der Waals surface area contributed by atoms with Crippen molar-refractivity contribution in [1.82, 2.24) is 4.98 Å². The van der Waals surface area contributed by atoms with Crippen molar-refractivity contribution in [3.63, 3.8) is 0 Å². The number of nitrogens with one attached hydrogen (secondary N) is 1. The first kappa shape index (κ1) is 17.5. The van der Waals surface area contributed by atoms with Gasteiger partial charge in [-0.25, -0.2) is 4.98 Å². The number of quaternary nitrogens is 1. The lowest BCUT2D eigenvalue weighted by Gasteiger charge is -2.25. The number of thiophene rings is 1. The van der Waals surface area contributed by atoms with Gasteiger partial charge in [0.2, 0.25) is 0 Å². The Kier molecular flexibility index (Phi) is 5.94. The van der Waals surface area contributed by atoms with Crippen molar-refractivity contribution in [2.75, 3.05) is 19.3 Å². The zero-order chi connectivity index (χ0) is 16.9. The quantitative estimate of drug-likeness (QED) is 0.634. The lowest BCUT2D eigenvalue weighted by atomic mass is 9.96. The molecule has 1 aliphatic heterocycles. The van der Waals surface area contributed by atoms with Crippen LogP contribution in [0.15, 0.2) is 22.5 Å². The van der Waals surface area contributed by atoms with Crippen LogP contribution in [0.5, 0.6) is 0 Å². The number of pyridine rings is 1. The van der Waals surface area contributed by atoms with Gasteiger partial charge in [0.05, 0.1) is 24.8 Å². The van der Waals surface area contributed by atoms with Crippen LogP contribution in [0.4, 0.5) is 0 Å². The van der Waals surface area contributed by atoms with Gasteiger partial charge in [-0.15, -0.1) is 23.1 Å². The van der Waals surface area contributed by atoms with Crippen LogP contribution in [0.25, 0.3) is 10.4 Å². The van der Waals surface area contributed by atoms with Crippen molar-refractivity contribution in [1.29, 1.82) is 5.26 Å². The van der Waals surface area contributed by atoms with E-state index in [4.69, 9.17) is 4.98 Å². The Morgan fingerprint density at radius 3 is 3.00 bits per heavy atom. The van der Waals surface area contributed by atoms with Gasteiger partial charge in [0.25, 0.3) is 0 Å². The summed E-state index contributed by atoms with van der Waals surface area (Å²) in [7, 11) is 2.22. The second-order valence-electron chi connectivity index (χ2n) is 6.37.